The average molecular weight is 131 g/mol. The molecule has 0 rings (SSSR count). The van der Waals surface area contributed by atoms with Gasteiger partial charge >= 0.3 is 0 Å². The molecule has 0 radical (unpaired) electrons. The highest BCUT2D eigenvalue weighted by molar-refractivity contribution is 4.40. The zero-order valence-electron chi connectivity index (χ0n) is 6.81. The Morgan fingerprint density at radius 3 is 2.11 bits per heavy atom. The summed E-state index contributed by atoms with van der Waals surface area (Å²) < 4.78 is 0. The molecule has 0 saturated carbocycles. The van der Waals surface area contributed by atoms with E-state index < -0.39 is 0 Å². The second-order valence-electron chi connectivity index (χ2n) is 2.14. The Kier molecular flexibility index (Phi) is 4.67. The Morgan fingerprint density at radius 2 is 1.78 bits per heavy atom. The maximum Gasteiger partial charge on any atom is 0.0617 e. The lowest BCUT2D eigenvalue weighted by Crippen LogP contribution is -2.41. The molecule has 0 atom stereocenters. The van der Waals surface area contributed by atoms with Crippen LogP contribution >= 0.6 is 0 Å². The Balaban J connectivity index is 3.32. The van der Waals surface area contributed by atoms with Crippen LogP contribution < -0.4 is 5.32 Å². The fraction of sp³-hybridized carbons (Fsp3) is 1.00. The van der Waals surface area contributed by atoms with Gasteiger partial charge in [0.05, 0.1) is 6.67 Å². The lowest BCUT2D eigenvalue weighted by atomic mass is 10.7. The van der Waals surface area contributed by atoms with Gasteiger partial charge in [-0.15, -0.1) is 0 Å². The van der Waals surface area contributed by atoms with Crippen LogP contribution in [0.1, 0.15) is 6.92 Å². The molecule has 3 nitrogen and oxygen atoms in total. The molecule has 0 aromatic carbocycles. The van der Waals surface area contributed by atoms with Crippen molar-refractivity contribution in [3.05, 3.63) is 0 Å². The molecule has 0 bridgehead atoms. The highest BCUT2D eigenvalue weighted by atomic mass is 15.6. The molecule has 3 heteroatoms. The van der Waals surface area contributed by atoms with E-state index in [2.05, 4.69) is 36.4 Å². The van der Waals surface area contributed by atoms with E-state index in [9.17, 15) is 0 Å². The van der Waals surface area contributed by atoms with Crippen molar-refractivity contribution in [1.82, 2.24) is 15.3 Å². The summed E-state index contributed by atoms with van der Waals surface area (Å²) in [4.78, 5) is 0. The summed E-state index contributed by atoms with van der Waals surface area (Å²) in [5.74, 6) is 0. The fourth-order valence-corrected chi connectivity index (χ4v) is 0.591. The highest BCUT2D eigenvalue weighted by Gasteiger charge is 1.98. The van der Waals surface area contributed by atoms with E-state index in [4.69, 9.17) is 0 Å². The Bertz CT molecular complexity index is 65.3. The molecule has 1 N–H and O–H groups in total. The van der Waals surface area contributed by atoms with Crippen LogP contribution in [0.25, 0.3) is 0 Å². The monoisotopic (exact) mass is 131 g/mol. The normalized spacial score (nSPS) is 11.3. The lowest BCUT2D eigenvalue weighted by molar-refractivity contribution is 0.0271. The van der Waals surface area contributed by atoms with Crippen molar-refractivity contribution >= 4 is 0 Å². The minimum Gasteiger partial charge on any atom is -0.306 e. The molecule has 0 unspecified atom stereocenters. The third-order valence-corrected chi connectivity index (χ3v) is 1.43. The fourth-order valence-electron chi connectivity index (χ4n) is 0.591. The Labute approximate surface area is 57.6 Å². The van der Waals surface area contributed by atoms with E-state index in [0.717, 1.165) is 13.2 Å². The summed E-state index contributed by atoms with van der Waals surface area (Å²) in [7, 11) is 6.07. The van der Waals surface area contributed by atoms with E-state index in [-0.39, 0.29) is 0 Å². The first-order valence-corrected chi connectivity index (χ1v) is 3.29. The molecule has 0 saturated heterocycles. The van der Waals surface area contributed by atoms with Gasteiger partial charge in [0.15, 0.2) is 0 Å². The van der Waals surface area contributed by atoms with Crippen molar-refractivity contribution in [3.63, 3.8) is 0 Å². The van der Waals surface area contributed by atoms with Gasteiger partial charge in [0.1, 0.15) is 0 Å². The standard InChI is InChI=1S/C6H17N3/c1-5-8(3)9(4)6-7-2/h7H,5-6H2,1-4H3. The van der Waals surface area contributed by atoms with E-state index in [1.54, 1.807) is 0 Å². The molecule has 0 fully saturated rings. The summed E-state index contributed by atoms with van der Waals surface area (Å²) in [6.45, 7) is 4.09. The van der Waals surface area contributed by atoms with Gasteiger partial charge in [-0.25, -0.2) is 10.0 Å². The molecule has 0 aliphatic carbocycles. The average Bonchev–Trinajstić information content (AvgIpc) is 1.87. The first-order valence-electron chi connectivity index (χ1n) is 3.29. The minimum atomic E-state index is 0.907. The van der Waals surface area contributed by atoms with Crippen molar-refractivity contribution < 1.29 is 0 Å². The molecule has 0 aliphatic rings. The van der Waals surface area contributed by atoms with Gasteiger partial charge in [-0.1, -0.05) is 6.92 Å². The van der Waals surface area contributed by atoms with Crippen LogP contribution in [0.3, 0.4) is 0 Å². The molecule has 0 heterocycles. The first-order chi connectivity index (χ1) is 4.22. The van der Waals surface area contributed by atoms with Gasteiger partial charge in [-0.2, -0.15) is 0 Å². The van der Waals surface area contributed by atoms with Crippen molar-refractivity contribution in [2.75, 3.05) is 34.4 Å². The van der Waals surface area contributed by atoms with Gasteiger partial charge < -0.3 is 5.32 Å². The predicted octanol–water partition coefficient (Wildman–Crippen LogP) is -0.0382. The second-order valence-corrected chi connectivity index (χ2v) is 2.14. The summed E-state index contributed by atoms with van der Waals surface area (Å²) >= 11 is 0. The molecular weight excluding hydrogens is 114 g/mol. The van der Waals surface area contributed by atoms with Crippen molar-refractivity contribution in [1.29, 1.82) is 0 Å². The lowest BCUT2D eigenvalue weighted by Gasteiger charge is -2.26. The summed E-state index contributed by atoms with van der Waals surface area (Å²) in [6.07, 6.45) is 0. The minimum absolute atomic E-state index is 0.907. The quantitative estimate of drug-likeness (QED) is 0.427. The molecule has 0 amide bonds. The van der Waals surface area contributed by atoms with Gasteiger partial charge in [-0.05, 0) is 7.05 Å². The first kappa shape index (κ1) is 8.88. The largest absolute Gasteiger partial charge is 0.306 e. The summed E-state index contributed by atoms with van der Waals surface area (Å²) in [6, 6.07) is 0. The van der Waals surface area contributed by atoms with Gasteiger partial charge in [0.2, 0.25) is 0 Å². The molecule has 0 spiro atoms. The predicted molar refractivity (Wildman–Crippen MR) is 40.0 cm³/mol. The van der Waals surface area contributed by atoms with Crippen molar-refractivity contribution in [2.24, 2.45) is 0 Å². The number of hydrogen-bond acceptors (Lipinski definition) is 3. The molecular formula is C6H17N3. The summed E-state index contributed by atoms with van der Waals surface area (Å²) in [5, 5.41) is 7.34. The molecule has 0 aromatic heterocycles. The van der Waals surface area contributed by atoms with Crippen LogP contribution in [0.15, 0.2) is 0 Å². The molecule has 56 valence electrons. The third-order valence-electron chi connectivity index (χ3n) is 1.43. The van der Waals surface area contributed by atoms with Crippen LogP contribution in [0.4, 0.5) is 0 Å². The topological polar surface area (TPSA) is 18.5 Å². The van der Waals surface area contributed by atoms with Crippen molar-refractivity contribution in [2.45, 2.75) is 6.92 Å². The molecule has 0 aliphatic heterocycles. The number of hydrazine groups is 1. The maximum absolute atomic E-state index is 3.07. The zero-order valence-corrected chi connectivity index (χ0v) is 6.81. The van der Waals surface area contributed by atoms with Crippen LogP contribution in [0.2, 0.25) is 0 Å². The van der Waals surface area contributed by atoms with Gasteiger partial charge in [0.25, 0.3) is 0 Å². The Morgan fingerprint density at radius 1 is 1.22 bits per heavy atom. The van der Waals surface area contributed by atoms with E-state index in [0.29, 0.717) is 0 Å². The van der Waals surface area contributed by atoms with Crippen LogP contribution in [-0.2, 0) is 0 Å². The highest BCUT2D eigenvalue weighted by Crippen LogP contribution is 1.84. The number of hydrogen-bond donors (Lipinski definition) is 1. The maximum atomic E-state index is 3.07. The number of nitrogens with zero attached hydrogens (tertiary/aromatic N) is 2. The van der Waals surface area contributed by atoms with Crippen LogP contribution in [0, 0.1) is 0 Å². The second kappa shape index (κ2) is 4.73. The van der Waals surface area contributed by atoms with Gasteiger partial charge in [-0.3, -0.25) is 0 Å². The third kappa shape index (κ3) is 3.46. The van der Waals surface area contributed by atoms with Crippen LogP contribution in [-0.4, -0.2) is 44.4 Å². The van der Waals surface area contributed by atoms with Crippen molar-refractivity contribution in [3.8, 4) is 0 Å². The number of nitrogens with one attached hydrogen (secondary N) is 1. The van der Waals surface area contributed by atoms with E-state index >= 15 is 0 Å². The zero-order chi connectivity index (χ0) is 7.28. The van der Waals surface area contributed by atoms with Gasteiger partial charge in [0, 0.05) is 20.6 Å². The smallest absolute Gasteiger partial charge is 0.0617 e. The summed E-state index contributed by atoms with van der Waals surface area (Å²) in [5.41, 5.74) is 0. The van der Waals surface area contributed by atoms with Crippen LogP contribution in [0.5, 0.6) is 0 Å². The molecule has 0 aromatic rings. The SMILES string of the molecule is CCN(C)N(C)CNC. The Hall–Kier alpha value is -0.120. The number of rotatable bonds is 4. The van der Waals surface area contributed by atoms with E-state index in [1.165, 1.54) is 0 Å². The van der Waals surface area contributed by atoms with E-state index in [1.807, 2.05) is 7.05 Å². The molecule has 9 heavy (non-hydrogen) atoms.